The molecule has 102 valence electrons. The molecule has 1 amide bonds. The van der Waals surface area contributed by atoms with Crippen molar-refractivity contribution in [2.75, 3.05) is 19.6 Å². The molecule has 2 N–H and O–H groups in total. The van der Waals surface area contributed by atoms with Gasteiger partial charge in [0.25, 0.3) is 0 Å². The van der Waals surface area contributed by atoms with Gasteiger partial charge in [-0.1, -0.05) is 19.1 Å². The number of rotatable bonds is 6. The Hall–Kier alpha value is -1.13. The number of hydrogen-bond acceptors (Lipinski definition) is 2. The quantitative estimate of drug-likeness (QED) is 0.780. The molecule has 1 atom stereocenters. The molecule has 0 aliphatic rings. The van der Waals surface area contributed by atoms with Crippen LogP contribution in [-0.2, 0) is 4.79 Å². The topological polar surface area (TPSA) is 41.1 Å². The molecule has 3 nitrogen and oxygen atoms in total. The van der Waals surface area contributed by atoms with Gasteiger partial charge in [-0.15, -0.1) is 12.4 Å². The molecule has 5 heteroatoms. The van der Waals surface area contributed by atoms with Crippen LogP contribution >= 0.6 is 12.4 Å². The van der Waals surface area contributed by atoms with Crippen molar-refractivity contribution in [1.82, 2.24) is 10.6 Å². The van der Waals surface area contributed by atoms with Crippen molar-refractivity contribution in [3.8, 4) is 0 Å². The molecule has 0 saturated heterocycles. The molecule has 0 radical (unpaired) electrons. The number of nitrogens with one attached hydrogen (secondary N) is 2. The Labute approximate surface area is 114 Å². The summed E-state index contributed by atoms with van der Waals surface area (Å²) in [5.74, 6) is -0.712. The summed E-state index contributed by atoms with van der Waals surface area (Å²) >= 11 is 0. The monoisotopic (exact) mass is 274 g/mol. The van der Waals surface area contributed by atoms with Crippen LogP contribution in [0.3, 0.4) is 0 Å². The van der Waals surface area contributed by atoms with Gasteiger partial charge in [0.15, 0.2) is 0 Å². The molecular formula is C13H20ClFN2O. The Bertz CT molecular complexity index is 374. The molecule has 0 aliphatic heterocycles. The van der Waals surface area contributed by atoms with Gasteiger partial charge in [-0.05, 0) is 31.2 Å². The van der Waals surface area contributed by atoms with Crippen molar-refractivity contribution < 1.29 is 9.18 Å². The minimum absolute atomic E-state index is 0. The van der Waals surface area contributed by atoms with Gasteiger partial charge in [-0.25, -0.2) is 4.39 Å². The van der Waals surface area contributed by atoms with E-state index in [1.165, 1.54) is 12.1 Å². The van der Waals surface area contributed by atoms with E-state index in [1.807, 2.05) is 6.92 Å². The Morgan fingerprint density at radius 2 is 2.11 bits per heavy atom. The summed E-state index contributed by atoms with van der Waals surface area (Å²) in [5, 5.41) is 5.93. The highest BCUT2D eigenvalue weighted by atomic mass is 35.5. The summed E-state index contributed by atoms with van der Waals surface area (Å²) in [6, 6.07) is 6.15. The van der Waals surface area contributed by atoms with Crippen molar-refractivity contribution in [2.24, 2.45) is 0 Å². The number of carbonyl (C=O) groups is 1. The number of amides is 1. The van der Waals surface area contributed by atoms with Crippen LogP contribution in [-0.4, -0.2) is 25.5 Å². The van der Waals surface area contributed by atoms with Crippen LogP contribution in [0.5, 0.6) is 0 Å². The van der Waals surface area contributed by atoms with Crippen LogP contribution in [0.1, 0.15) is 25.3 Å². The number of hydrogen-bond donors (Lipinski definition) is 2. The third kappa shape index (κ3) is 5.47. The predicted molar refractivity (Wildman–Crippen MR) is 73.6 cm³/mol. The molecule has 0 fully saturated rings. The highest BCUT2D eigenvalue weighted by molar-refractivity contribution is 5.85. The van der Waals surface area contributed by atoms with Gasteiger partial charge in [-0.2, -0.15) is 0 Å². The van der Waals surface area contributed by atoms with Gasteiger partial charge in [0.2, 0.25) is 5.91 Å². The van der Waals surface area contributed by atoms with Crippen molar-refractivity contribution in [2.45, 2.75) is 19.8 Å². The molecule has 18 heavy (non-hydrogen) atoms. The highest BCUT2D eigenvalue weighted by Crippen LogP contribution is 2.15. The second kappa shape index (κ2) is 8.89. The maximum absolute atomic E-state index is 13.0. The molecule has 0 spiro atoms. The van der Waals surface area contributed by atoms with Crippen molar-refractivity contribution in [3.05, 3.63) is 35.6 Å². The lowest BCUT2D eigenvalue weighted by Crippen LogP contribution is -2.34. The lowest BCUT2D eigenvalue weighted by molar-refractivity contribution is -0.122. The van der Waals surface area contributed by atoms with Crippen LogP contribution < -0.4 is 10.6 Å². The van der Waals surface area contributed by atoms with Gasteiger partial charge < -0.3 is 10.6 Å². The SMILES string of the molecule is CCNCCNC(=O)C(C)c1cccc(F)c1.Cl. The van der Waals surface area contributed by atoms with E-state index in [0.29, 0.717) is 12.1 Å². The Morgan fingerprint density at radius 1 is 1.39 bits per heavy atom. The van der Waals surface area contributed by atoms with Crippen LogP contribution in [0.15, 0.2) is 24.3 Å². The first-order valence-corrected chi connectivity index (χ1v) is 5.89. The summed E-state index contributed by atoms with van der Waals surface area (Å²) in [6.45, 7) is 6.01. The number of benzene rings is 1. The zero-order valence-corrected chi connectivity index (χ0v) is 11.5. The first kappa shape index (κ1) is 16.9. The molecule has 1 unspecified atom stereocenters. The first-order valence-electron chi connectivity index (χ1n) is 5.89. The van der Waals surface area contributed by atoms with E-state index in [0.717, 1.165) is 13.1 Å². The van der Waals surface area contributed by atoms with Crippen LogP contribution in [0.2, 0.25) is 0 Å². The van der Waals surface area contributed by atoms with E-state index in [9.17, 15) is 9.18 Å². The Balaban J connectivity index is 0.00000289. The van der Waals surface area contributed by atoms with Gasteiger partial charge in [0.05, 0.1) is 5.92 Å². The first-order chi connectivity index (χ1) is 8.15. The Kier molecular flexibility index (Phi) is 8.33. The number of carbonyl (C=O) groups excluding carboxylic acids is 1. The van der Waals surface area contributed by atoms with Gasteiger partial charge in [-0.3, -0.25) is 4.79 Å². The summed E-state index contributed by atoms with van der Waals surface area (Å²) in [4.78, 5) is 11.8. The summed E-state index contributed by atoms with van der Waals surface area (Å²) in [7, 11) is 0. The molecule has 0 aliphatic carbocycles. The third-order valence-electron chi connectivity index (χ3n) is 2.59. The van der Waals surface area contributed by atoms with Crippen molar-refractivity contribution in [1.29, 1.82) is 0 Å². The van der Waals surface area contributed by atoms with Crippen molar-refractivity contribution >= 4 is 18.3 Å². The largest absolute Gasteiger partial charge is 0.354 e. The maximum Gasteiger partial charge on any atom is 0.227 e. The smallest absolute Gasteiger partial charge is 0.227 e. The Morgan fingerprint density at radius 3 is 2.72 bits per heavy atom. The van der Waals surface area contributed by atoms with E-state index in [1.54, 1.807) is 19.1 Å². The fourth-order valence-corrected chi connectivity index (χ4v) is 1.53. The highest BCUT2D eigenvalue weighted by Gasteiger charge is 2.14. The molecule has 0 saturated carbocycles. The van der Waals surface area contributed by atoms with Gasteiger partial charge in [0, 0.05) is 13.1 Å². The van der Waals surface area contributed by atoms with E-state index in [-0.39, 0.29) is 30.0 Å². The van der Waals surface area contributed by atoms with Crippen LogP contribution in [0.25, 0.3) is 0 Å². The lowest BCUT2D eigenvalue weighted by atomic mass is 10.0. The minimum Gasteiger partial charge on any atom is -0.354 e. The molecule has 0 aromatic heterocycles. The fraction of sp³-hybridized carbons (Fsp3) is 0.462. The number of likely N-dealkylation sites (N-methyl/N-ethyl adjacent to an activating group) is 1. The van der Waals surface area contributed by atoms with Gasteiger partial charge >= 0.3 is 0 Å². The maximum atomic E-state index is 13.0. The third-order valence-corrected chi connectivity index (χ3v) is 2.59. The zero-order chi connectivity index (χ0) is 12.7. The van der Waals surface area contributed by atoms with E-state index < -0.39 is 0 Å². The summed E-state index contributed by atoms with van der Waals surface area (Å²) < 4.78 is 13.0. The second-order valence-electron chi connectivity index (χ2n) is 3.92. The summed E-state index contributed by atoms with van der Waals surface area (Å²) in [5.41, 5.74) is 0.700. The normalized spacial score (nSPS) is 11.5. The minimum atomic E-state index is -0.327. The number of halogens is 2. The zero-order valence-electron chi connectivity index (χ0n) is 10.7. The second-order valence-corrected chi connectivity index (χ2v) is 3.92. The lowest BCUT2D eigenvalue weighted by Gasteiger charge is -2.12. The molecule has 1 rings (SSSR count). The molecule has 0 heterocycles. The molecular weight excluding hydrogens is 255 g/mol. The van der Waals surface area contributed by atoms with E-state index >= 15 is 0 Å². The van der Waals surface area contributed by atoms with Gasteiger partial charge in [0.1, 0.15) is 5.82 Å². The predicted octanol–water partition coefficient (Wildman–Crippen LogP) is 2.08. The standard InChI is InChI=1S/C13H19FN2O.ClH/c1-3-15-7-8-16-13(17)10(2)11-5-4-6-12(14)9-11;/h4-6,9-10,15H,3,7-8H2,1-2H3,(H,16,17);1H. The van der Waals surface area contributed by atoms with E-state index in [2.05, 4.69) is 10.6 Å². The van der Waals surface area contributed by atoms with Crippen LogP contribution in [0.4, 0.5) is 4.39 Å². The average Bonchev–Trinajstić information content (AvgIpc) is 2.33. The molecule has 1 aromatic carbocycles. The fourth-order valence-electron chi connectivity index (χ4n) is 1.53. The summed E-state index contributed by atoms with van der Waals surface area (Å²) in [6.07, 6.45) is 0. The van der Waals surface area contributed by atoms with E-state index in [4.69, 9.17) is 0 Å². The molecule has 1 aromatic rings. The average molecular weight is 275 g/mol. The van der Waals surface area contributed by atoms with Crippen LogP contribution in [0, 0.1) is 5.82 Å². The molecule has 0 bridgehead atoms. The van der Waals surface area contributed by atoms with Crippen molar-refractivity contribution in [3.63, 3.8) is 0 Å².